The van der Waals surface area contributed by atoms with Gasteiger partial charge in [0.25, 0.3) is 5.56 Å². The number of aromatic amines is 1. The Labute approximate surface area is 103 Å². The number of rotatable bonds is 0. The van der Waals surface area contributed by atoms with E-state index in [4.69, 9.17) is 5.73 Å². The van der Waals surface area contributed by atoms with Gasteiger partial charge >= 0.3 is 0 Å². The van der Waals surface area contributed by atoms with Crippen molar-refractivity contribution in [2.24, 2.45) is 7.05 Å². The Morgan fingerprint density at radius 1 is 1.33 bits per heavy atom. The summed E-state index contributed by atoms with van der Waals surface area (Å²) in [7, 11) is 1.82. The molecule has 0 bridgehead atoms. The standard InChI is InChI=1S/C13H14N4O/c1-6-7(2)15-12(18)10-8(6)4-5-9-11(10)17(3)13(14)16-9/h4-5H,1-3H3,(H2,14,16)(H,15,18). The first-order valence-corrected chi connectivity index (χ1v) is 5.75. The fraction of sp³-hybridized carbons (Fsp3) is 0.231. The Morgan fingerprint density at radius 3 is 2.78 bits per heavy atom. The summed E-state index contributed by atoms with van der Waals surface area (Å²) < 4.78 is 1.75. The van der Waals surface area contributed by atoms with Crippen LogP contribution < -0.4 is 11.3 Å². The minimum atomic E-state index is -0.0956. The van der Waals surface area contributed by atoms with Crippen molar-refractivity contribution in [2.75, 3.05) is 5.73 Å². The third-order valence-corrected chi connectivity index (χ3v) is 3.57. The van der Waals surface area contributed by atoms with E-state index in [1.807, 2.05) is 33.0 Å². The van der Waals surface area contributed by atoms with Gasteiger partial charge in [0.15, 0.2) is 0 Å². The molecule has 92 valence electrons. The van der Waals surface area contributed by atoms with Crippen LogP contribution in [-0.2, 0) is 7.05 Å². The molecule has 0 unspecified atom stereocenters. The van der Waals surface area contributed by atoms with E-state index in [0.717, 1.165) is 27.7 Å². The van der Waals surface area contributed by atoms with Crippen LogP contribution in [0.5, 0.6) is 0 Å². The van der Waals surface area contributed by atoms with Crippen molar-refractivity contribution in [3.05, 3.63) is 33.7 Å². The number of benzene rings is 1. The Kier molecular flexibility index (Phi) is 2.02. The number of nitrogens with zero attached hydrogens (tertiary/aromatic N) is 2. The molecule has 0 fully saturated rings. The predicted octanol–water partition coefficient (Wildman–Crippen LogP) is 1.61. The first-order chi connectivity index (χ1) is 8.50. The van der Waals surface area contributed by atoms with E-state index < -0.39 is 0 Å². The molecule has 3 rings (SSSR count). The first-order valence-electron chi connectivity index (χ1n) is 5.75. The van der Waals surface area contributed by atoms with Crippen LogP contribution in [0.4, 0.5) is 5.95 Å². The molecule has 0 radical (unpaired) electrons. The summed E-state index contributed by atoms with van der Waals surface area (Å²) in [5.41, 5.74) is 9.20. The molecule has 3 N–H and O–H groups in total. The van der Waals surface area contributed by atoms with Gasteiger partial charge in [-0.2, -0.15) is 0 Å². The molecule has 18 heavy (non-hydrogen) atoms. The molecule has 0 aliphatic heterocycles. The lowest BCUT2D eigenvalue weighted by Gasteiger charge is -2.07. The van der Waals surface area contributed by atoms with E-state index in [9.17, 15) is 4.79 Å². The number of hydrogen-bond acceptors (Lipinski definition) is 3. The molecule has 2 aromatic heterocycles. The van der Waals surface area contributed by atoms with Crippen molar-refractivity contribution in [1.82, 2.24) is 14.5 Å². The summed E-state index contributed by atoms with van der Waals surface area (Å²) in [6.07, 6.45) is 0. The maximum absolute atomic E-state index is 12.2. The minimum absolute atomic E-state index is 0.0956. The van der Waals surface area contributed by atoms with Gasteiger partial charge in [-0.25, -0.2) is 4.98 Å². The van der Waals surface area contributed by atoms with Crippen LogP contribution in [-0.4, -0.2) is 14.5 Å². The topological polar surface area (TPSA) is 76.7 Å². The highest BCUT2D eigenvalue weighted by molar-refractivity contribution is 6.05. The van der Waals surface area contributed by atoms with Crippen LogP contribution >= 0.6 is 0 Å². The monoisotopic (exact) mass is 242 g/mol. The molecule has 1 aromatic carbocycles. The summed E-state index contributed by atoms with van der Waals surface area (Å²) in [6.45, 7) is 3.90. The summed E-state index contributed by atoms with van der Waals surface area (Å²) in [5, 5.41) is 1.61. The van der Waals surface area contributed by atoms with Gasteiger partial charge in [-0.3, -0.25) is 4.79 Å². The van der Waals surface area contributed by atoms with Gasteiger partial charge in [-0.15, -0.1) is 0 Å². The number of aromatic nitrogens is 3. The molecule has 0 saturated heterocycles. The highest BCUT2D eigenvalue weighted by Gasteiger charge is 2.13. The number of hydrogen-bond donors (Lipinski definition) is 2. The molecule has 2 heterocycles. The van der Waals surface area contributed by atoms with Crippen molar-refractivity contribution in [2.45, 2.75) is 13.8 Å². The molecule has 5 nitrogen and oxygen atoms in total. The van der Waals surface area contributed by atoms with Crippen molar-refractivity contribution in [3.8, 4) is 0 Å². The highest BCUT2D eigenvalue weighted by Crippen LogP contribution is 2.26. The maximum atomic E-state index is 12.2. The molecule has 3 aromatic rings. The van der Waals surface area contributed by atoms with Gasteiger partial charge < -0.3 is 15.3 Å². The van der Waals surface area contributed by atoms with E-state index in [-0.39, 0.29) is 5.56 Å². The molecule has 0 aliphatic rings. The Morgan fingerprint density at radius 2 is 2.06 bits per heavy atom. The molecule has 0 saturated carbocycles. The summed E-state index contributed by atoms with van der Waals surface area (Å²) >= 11 is 0. The number of aryl methyl sites for hydroxylation is 3. The summed E-state index contributed by atoms with van der Waals surface area (Å²) in [4.78, 5) is 19.3. The predicted molar refractivity (Wildman–Crippen MR) is 72.7 cm³/mol. The van der Waals surface area contributed by atoms with Gasteiger partial charge in [-0.05, 0) is 30.9 Å². The van der Waals surface area contributed by atoms with E-state index in [0.29, 0.717) is 11.3 Å². The van der Waals surface area contributed by atoms with E-state index in [1.54, 1.807) is 4.57 Å². The molecule has 0 aliphatic carbocycles. The lowest BCUT2D eigenvalue weighted by Crippen LogP contribution is -2.11. The summed E-state index contributed by atoms with van der Waals surface area (Å²) in [5.74, 6) is 0.412. The van der Waals surface area contributed by atoms with E-state index >= 15 is 0 Å². The molecular formula is C13H14N4O. The zero-order chi connectivity index (χ0) is 13.0. The second-order valence-corrected chi connectivity index (χ2v) is 4.59. The van der Waals surface area contributed by atoms with Gasteiger partial charge in [0.1, 0.15) is 0 Å². The second-order valence-electron chi connectivity index (χ2n) is 4.59. The zero-order valence-electron chi connectivity index (χ0n) is 10.5. The average Bonchev–Trinajstić information content (AvgIpc) is 2.62. The van der Waals surface area contributed by atoms with Crippen molar-refractivity contribution in [1.29, 1.82) is 0 Å². The van der Waals surface area contributed by atoms with Gasteiger partial charge in [0, 0.05) is 12.7 Å². The fourth-order valence-electron chi connectivity index (χ4n) is 2.39. The zero-order valence-corrected chi connectivity index (χ0v) is 10.5. The Balaban J connectivity index is 2.71. The number of nitrogens with one attached hydrogen (secondary N) is 1. The Bertz CT molecular complexity index is 842. The largest absolute Gasteiger partial charge is 0.369 e. The lowest BCUT2D eigenvalue weighted by atomic mass is 10.0. The smallest absolute Gasteiger partial charge is 0.258 e. The van der Waals surface area contributed by atoms with Crippen LogP contribution in [0.25, 0.3) is 21.8 Å². The van der Waals surface area contributed by atoms with Crippen molar-refractivity contribution < 1.29 is 0 Å². The highest BCUT2D eigenvalue weighted by atomic mass is 16.1. The van der Waals surface area contributed by atoms with Crippen LogP contribution in [0.15, 0.2) is 16.9 Å². The molecular weight excluding hydrogens is 228 g/mol. The molecule has 0 atom stereocenters. The third-order valence-electron chi connectivity index (χ3n) is 3.57. The fourth-order valence-corrected chi connectivity index (χ4v) is 2.39. The normalized spacial score (nSPS) is 11.5. The van der Waals surface area contributed by atoms with Crippen molar-refractivity contribution >= 4 is 27.8 Å². The SMILES string of the molecule is Cc1[nH]c(=O)c2c(ccc3nc(N)n(C)c32)c1C. The Hall–Kier alpha value is -2.30. The minimum Gasteiger partial charge on any atom is -0.369 e. The molecule has 5 heteroatoms. The average molecular weight is 242 g/mol. The van der Waals surface area contributed by atoms with Crippen LogP contribution in [0.1, 0.15) is 11.3 Å². The number of nitrogens with two attached hydrogens (primary N) is 1. The first kappa shape index (κ1) is 10.8. The van der Waals surface area contributed by atoms with E-state index in [2.05, 4.69) is 9.97 Å². The quantitative estimate of drug-likeness (QED) is 0.628. The van der Waals surface area contributed by atoms with Crippen LogP contribution in [0, 0.1) is 13.8 Å². The molecule has 0 amide bonds. The van der Waals surface area contributed by atoms with Gasteiger partial charge in [0.05, 0.1) is 16.4 Å². The number of anilines is 1. The number of imidazole rings is 1. The number of nitrogen functional groups attached to an aromatic ring is 1. The lowest BCUT2D eigenvalue weighted by molar-refractivity contribution is 0.967. The van der Waals surface area contributed by atoms with Crippen molar-refractivity contribution in [3.63, 3.8) is 0 Å². The number of H-pyrrole nitrogens is 1. The second kappa shape index (κ2) is 3.35. The van der Waals surface area contributed by atoms with Crippen LogP contribution in [0.3, 0.4) is 0 Å². The molecule has 0 spiro atoms. The van der Waals surface area contributed by atoms with Gasteiger partial charge in [-0.1, -0.05) is 6.07 Å². The summed E-state index contributed by atoms with van der Waals surface area (Å²) in [6, 6.07) is 3.83. The van der Waals surface area contributed by atoms with Gasteiger partial charge in [0.2, 0.25) is 5.95 Å². The number of fused-ring (bicyclic) bond motifs is 3. The van der Waals surface area contributed by atoms with Crippen LogP contribution in [0.2, 0.25) is 0 Å². The maximum Gasteiger partial charge on any atom is 0.258 e. The number of pyridine rings is 1. The van der Waals surface area contributed by atoms with E-state index in [1.165, 1.54) is 0 Å². The third kappa shape index (κ3) is 1.21.